The molecule has 0 spiro atoms. The molecule has 8 heteroatoms. The van der Waals surface area contributed by atoms with Gasteiger partial charge in [-0.2, -0.15) is 0 Å². The Morgan fingerprint density at radius 3 is 2.23 bits per heavy atom. The Labute approximate surface area is 211 Å². The van der Waals surface area contributed by atoms with E-state index in [1.807, 2.05) is 42.5 Å². The predicted octanol–water partition coefficient (Wildman–Crippen LogP) is 8.96. The Kier molecular flexibility index (Phi) is 7.87. The molecule has 0 radical (unpaired) electrons. The first-order valence-corrected chi connectivity index (χ1v) is 12.5. The molecule has 0 amide bonds. The van der Waals surface area contributed by atoms with Gasteiger partial charge in [0, 0.05) is 27.5 Å². The molecule has 3 aromatic rings. The Morgan fingerprint density at radius 1 is 0.774 bits per heavy atom. The summed E-state index contributed by atoms with van der Waals surface area (Å²) in [6.07, 6.45) is 1.88. The molecule has 0 aromatic heterocycles. The van der Waals surface area contributed by atoms with Crippen molar-refractivity contribution in [2.75, 3.05) is 11.4 Å². The van der Waals surface area contributed by atoms with E-state index in [9.17, 15) is 0 Å². The van der Waals surface area contributed by atoms with Crippen LogP contribution in [-0.2, 0) is 0 Å². The van der Waals surface area contributed by atoms with Crippen LogP contribution in [0.5, 0.6) is 0 Å². The Balaban J connectivity index is 1.55. The van der Waals surface area contributed by atoms with Gasteiger partial charge >= 0.3 is 0 Å². The van der Waals surface area contributed by atoms with Crippen LogP contribution in [0.15, 0.2) is 65.6 Å². The number of halogens is 5. The minimum absolute atomic E-state index is 0.150. The third-order valence-corrected chi connectivity index (χ3v) is 7.78. The quantitative estimate of drug-likeness (QED) is 0.330. The van der Waals surface area contributed by atoms with E-state index in [2.05, 4.69) is 21.8 Å². The van der Waals surface area contributed by atoms with Crippen LogP contribution in [0.3, 0.4) is 0 Å². The van der Waals surface area contributed by atoms with E-state index < -0.39 is 0 Å². The van der Waals surface area contributed by atoms with Crippen molar-refractivity contribution in [1.82, 2.24) is 4.72 Å². The summed E-state index contributed by atoms with van der Waals surface area (Å²) in [6.45, 7) is 0.855. The number of rotatable bonds is 5. The van der Waals surface area contributed by atoms with Crippen molar-refractivity contribution >= 4 is 75.6 Å². The first-order chi connectivity index (χ1) is 14.9. The van der Waals surface area contributed by atoms with Gasteiger partial charge in [-0.05, 0) is 78.9 Å². The molecule has 1 heterocycles. The van der Waals surface area contributed by atoms with E-state index >= 15 is 0 Å². The fourth-order valence-electron chi connectivity index (χ4n) is 3.77. The van der Waals surface area contributed by atoms with Gasteiger partial charge < -0.3 is 4.90 Å². The molecule has 2 unspecified atom stereocenters. The van der Waals surface area contributed by atoms with Crippen molar-refractivity contribution in [2.24, 2.45) is 0 Å². The topological polar surface area (TPSA) is 15.3 Å². The minimum Gasteiger partial charge on any atom is -0.363 e. The zero-order valence-corrected chi connectivity index (χ0v) is 20.9. The van der Waals surface area contributed by atoms with Crippen LogP contribution in [0.2, 0.25) is 25.1 Å². The van der Waals surface area contributed by atoms with E-state index in [0.29, 0.717) is 26.1 Å². The van der Waals surface area contributed by atoms with Crippen LogP contribution in [0.4, 0.5) is 5.69 Å². The number of piperidine rings is 1. The summed E-state index contributed by atoms with van der Waals surface area (Å²) in [5, 5.41) is 3.12. The van der Waals surface area contributed by atoms with E-state index in [4.69, 9.17) is 58.0 Å². The molecule has 1 saturated heterocycles. The molecule has 1 aliphatic rings. The molecule has 3 aromatic carbocycles. The minimum atomic E-state index is 0.150. The van der Waals surface area contributed by atoms with Gasteiger partial charge in [0.1, 0.15) is 0 Å². The molecule has 1 aliphatic heterocycles. The van der Waals surface area contributed by atoms with Crippen molar-refractivity contribution < 1.29 is 0 Å². The maximum atomic E-state index is 6.56. The molecule has 0 bridgehead atoms. The average Bonchev–Trinajstić information content (AvgIpc) is 2.75. The van der Waals surface area contributed by atoms with Crippen molar-refractivity contribution in [1.29, 1.82) is 0 Å². The Hall–Kier alpha value is -0.780. The van der Waals surface area contributed by atoms with Gasteiger partial charge in [-0.25, -0.2) is 0 Å². The molecule has 1 N–H and O–H groups in total. The third kappa shape index (κ3) is 5.78. The van der Waals surface area contributed by atoms with Crippen molar-refractivity contribution in [3.8, 4) is 0 Å². The molecular formula is C23H19Cl5N2S. The summed E-state index contributed by atoms with van der Waals surface area (Å²) in [5.74, 6) is 0. The lowest BCUT2D eigenvalue weighted by Gasteiger charge is -2.42. The standard InChI is InChI=1S/C23H19Cl5N2S/c24-15-3-1-14(2-4-15)23-12-17(29-31-18-6-7-19(26)20(27)13-18)9-10-30(23)22-8-5-16(25)11-21(22)28/h1-8,11,13,17,23,29H,9-10,12H2. The van der Waals surface area contributed by atoms with Gasteiger partial charge in [0.15, 0.2) is 0 Å². The van der Waals surface area contributed by atoms with Gasteiger partial charge in [-0.1, -0.05) is 70.1 Å². The van der Waals surface area contributed by atoms with Crippen LogP contribution in [-0.4, -0.2) is 12.6 Å². The molecule has 4 rings (SSSR count). The van der Waals surface area contributed by atoms with Crippen LogP contribution in [0, 0.1) is 0 Å². The van der Waals surface area contributed by atoms with Crippen molar-refractivity contribution in [2.45, 2.75) is 29.8 Å². The predicted molar refractivity (Wildman–Crippen MR) is 136 cm³/mol. The SMILES string of the molecule is Clc1ccc(C2CC(NSc3ccc(Cl)c(Cl)c3)CCN2c2ccc(Cl)cc2Cl)cc1. The molecule has 1 fully saturated rings. The van der Waals surface area contributed by atoms with Crippen LogP contribution in [0.1, 0.15) is 24.4 Å². The number of anilines is 1. The van der Waals surface area contributed by atoms with Crippen LogP contribution in [0.25, 0.3) is 0 Å². The lowest BCUT2D eigenvalue weighted by Crippen LogP contribution is -2.43. The summed E-state index contributed by atoms with van der Waals surface area (Å²) in [4.78, 5) is 3.38. The molecule has 2 atom stereocenters. The molecule has 2 nitrogen and oxygen atoms in total. The molecule has 162 valence electrons. The largest absolute Gasteiger partial charge is 0.363 e. The van der Waals surface area contributed by atoms with E-state index in [1.54, 1.807) is 18.0 Å². The molecular weight excluding hydrogens is 514 g/mol. The van der Waals surface area contributed by atoms with Crippen molar-refractivity contribution in [3.05, 3.63) is 91.3 Å². The smallest absolute Gasteiger partial charge is 0.0654 e. The molecule has 0 saturated carbocycles. The Morgan fingerprint density at radius 2 is 1.52 bits per heavy atom. The number of nitrogens with one attached hydrogen (secondary N) is 1. The highest BCUT2D eigenvalue weighted by Gasteiger charge is 2.31. The summed E-state index contributed by atoms with van der Waals surface area (Å²) in [6, 6.07) is 19.8. The van der Waals surface area contributed by atoms with Crippen molar-refractivity contribution in [3.63, 3.8) is 0 Å². The van der Waals surface area contributed by atoms with E-state index in [1.165, 1.54) is 5.56 Å². The maximum absolute atomic E-state index is 6.56. The lowest BCUT2D eigenvalue weighted by atomic mass is 9.91. The van der Waals surface area contributed by atoms with Crippen LogP contribution >= 0.6 is 70.0 Å². The third-order valence-electron chi connectivity index (χ3n) is 5.31. The van der Waals surface area contributed by atoms with E-state index in [0.717, 1.165) is 35.0 Å². The zero-order valence-electron chi connectivity index (χ0n) is 16.3. The zero-order chi connectivity index (χ0) is 22.0. The van der Waals surface area contributed by atoms with Gasteiger partial charge in [-0.3, -0.25) is 4.72 Å². The molecule has 31 heavy (non-hydrogen) atoms. The first-order valence-electron chi connectivity index (χ1n) is 9.75. The second-order valence-electron chi connectivity index (χ2n) is 7.37. The van der Waals surface area contributed by atoms with Gasteiger partial charge in [-0.15, -0.1) is 0 Å². The highest BCUT2D eigenvalue weighted by molar-refractivity contribution is 7.97. The highest BCUT2D eigenvalue weighted by Crippen LogP contribution is 2.40. The number of benzene rings is 3. The fraction of sp³-hybridized carbons (Fsp3) is 0.217. The number of hydrogen-bond donors (Lipinski definition) is 1. The average molecular weight is 533 g/mol. The maximum Gasteiger partial charge on any atom is 0.0654 e. The second kappa shape index (κ2) is 10.4. The Bertz CT molecular complexity index is 1060. The second-order valence-corrected chi connectivity index (χ2v) is 10.4. The van der Waals surface area contributed by atoms with Crippen LogP contribution < -0.4 is 9.62 Å². The van der Waals surface area contributed by atoms with Gasteiger partial charge in [0.2, 0.25) is 0 Å². The number of nitrogens with zero attached hydrogens (tertiary/aromatic N) is 1. The monoisotopic (exact) mass is 530 g/mol. The fourth-order valence-corrected chi connectivity index (χ4v) is 5.60. The normalized spacial score (nSPS) is 18.9. The molecule has 0 aliphatic carbocycles. The summed E-state index contributed by atoms with van der Waals surface area (Å²) in [5.41, 5.74) is 2.18. The van der Waals surface area contributed by atoms with Gasteiger partial charge in [0.05, 0.1) is 26.8 Å². The highest BCUT2D eigenvalue weighted by atomic mass is 35.5. The van der Waals surface area contributed by atoms with E-state index in [-0.39, 0.29) is 6.04 Å². The lowest BCUT2D eigenvalue weighted by molar-refractivity contribution is 0.404. The number of hydrogen-bond acceptors (Lipinski definition) is 3. The van der Waals surface area contributed by atoms with Gasteiger partial charge in [0.25, 0.3) is 0 Å². The summed E-state index contributed by atoms with van der Waals surface area (Å²) in [7, 11) is 0. The summed E-state index contributed by atoms with van der Waals surface area (Å²) < 4.78 is 3.60. The first kappa shape index (κ1) is 23.4. The summed E-state index contributed by atoms with van der Waals surface area (Å²) >= 11 is 32.6.